The van der Waals surface area contributed by atoms with E-state index < -0.39 is 0 Å². The fourth-order valence-corrected chi connectivity index (χ4v) is 2.32. The first kappa shape index (κ1) is 11.6. The summed E-state index contributed by atoms with van der Waals surface area (Å²) in [6.45, 7) is 0. The van der Waals surface area contributed by atoms with Crippen molar-refractivity contribution in [3.05, 3.63) is 51.2 Å². The molecule has 0 aliphatic carbocycles. The molecule has 1 atom stereocenters. The Morgan fingerprint density at radius 3 is 2.81 bits per heavy atom. The molecule has 2 rings (SSSR count). The first-order valence-electron chi connectivity index (χ1n) is 4.77. The van der Waals surface area contributed by atoms with Crippen molar-refractivity contribution in [3.8, 4) is 0 Å². The molecular weight excluding hydrogens is 289 g/mol. The second-order valence-electron chi connectivity index (χ2n) is 3.59. The molecule has 0 bridgehead atoms. The lowest BCUT2D eigenvalue weighted by Crippen LogP contribution is -2.11. The minimum Gasteiger partial charge on any atom is -0.320 e. The summed E-state index contributed by atoms with van der Waals surface area (Å²) in [5.41, 5.74) is 7.98. The third-order valence-corrected chi connectivity index (χ3v) is 3.20. The molecule has 2 N–H and O–H groups in total. The second-order valence-corrected chi connectivity index (χ2v) is 4.91. The summed E-state index contributed by atoms with van der Waals surface area (Å²) >= 11 is 9.51. The van der Waals surface area contributed by atoms with Gasteiger partial charge in [-0.3, -0.25) is 4.68 Å². The van der Waals surface area contributed by atoms with Crippen LogP contribution in [0, 0.1) is 0 Å². The van der Waals surface area contributed by atoms with Gasteiger partial charge in [0.2, 0.25) is 0 Å². The Bertz CT molecular complexity index is 510. The number of hydrogen-bond acceptors (Lipinski definition) is 2. The summed E-state index contributed by atoms with van der Waals surface area (Å²) < 4.78 is 2.67. The third-order valence-electron chi connectivity index (χ3n) is 2.38. The highest BCUT2D eigenvalue weighted by Gasteiger charge is 2.13. The van der Waals surface area contributed by atoms with E-state index in [0.29, 0.717) is 5.02 Å². The Morgan fingerprint density at radius 2 is 2.25 bits per heavy atom. The van der Waals surface area contributed by atoms with E-state index in [0.717, 1.165) is 15.6 Å². The number of halogens is 2. The molecule has 1 heterocycles. The van der Waals surface area contributed by atoms with Crippen LogP contribution in [0.4, 0.5) is 0 Å². The summed E-state index contributed by atoms with van der Waals surface area (Å²) in [4.78, 5) is 0. The van der Waals surface area contributed by atoms with Gasteiger partial charge >= 0.3 is 0 Å². The van der Waals surface area contributed by atoms with Crippen LogP contribution in [0.15, 0.2) is 35.1 Å². The lowest BCUT2D eigenvalue weighted by atomic mass is 10.0. The highest BCUT2D eigenvalue weighted by atomic mass is 79.9. The second kappa shape index (κ2) is 4.57. The van der Waals surface area contributed by atoms with Gasteiger partial charge in [-0.15, -0.1) is 0 Å². The first-order valence-corrected chi connectivity index (χ1v) is 5.94. The molecular formula is C11H11BrClN3. The topological polar surface area (TPSA) is 43.8 Å². The minimum absolute atomic E-state index is 0.241. The zero-order chi connectivity index (χ0) is 11.7. The van der Waals surface area contributed by atoms with Crippen LogP contribution in [0.1, 0.15) is 17.2 Å². The molecule has 0 aliphatic heterocycles. The Balaban J connectivity index is 2.37. The van der Waals surface area contributed by atoms with Crippen LogP contribution < -0.4 is 5.73 Å². The van der Waals surface area contributed by atoms with Gasteiger partial charge in [0, 0.05) is 28.3 Å². The zero-order valence-corrected chi connectivity index (χ0v) is 11.0. The van der Waals surface area contributed by atoms with E-state index in [1.54, 1.807) is 10.9 Å². The van der Waals surface area contributed by atoms with E-state index in [4.69, 9.17) is 17.3 Å². The van der Waals surface area contributed by atoms with E-state index >= 15 is 0 Å². The van der Waals surface area contributed by atoms with Gasteiger partial charge < -0.3 is 5.73 Å². The van der Waals surface area contributed by atoms with Crippen LogP contribution in [0.2, 0.25) is 5.02 Å². The van der Waals surface area contributed by atoms with Crippen LogP contribution >= 0.6 is 27.5 Å². The quantitative estimate of drug-likeness (QED) is 0.927. The number of aromatic nitrogens is 2. The average molecular weight is 301 g/mol. The summed E-state index contributed by atoms with van der Waals surface area (Å²) in [7, 11) is 1.86. The lowest BCUT2D eigenvalue weighted by Gasteiger charge is -2.11. The highest BCUT2D eigenvalue weighted by Crippen LogP contribution is 2.28. The van der Waals surface area contributed by atoms with E-state index in [1.807, 2.05) is 31.4 Å². The van der Waals surface area contributed by atoms with E-state index in [2.05, 4.69) is 21.0 Å². The molecule has 5 heteroatoms. The van der Waals surface area contributed by atoms with Crippen molar-refractivity contribution in [3.63, 3.8) is 0 Å². The van der Waals surface area contributed by atoms with Gasteiger partial charge in [0.1, 0.15) is 0 Å². The molecule has 84 valence electrons. The highest BCUT2D eigenvalue weighted by molar-refractivity contribution is 9.10. The Hall–Kier alpha value is -0.840. The van der Waals surface area contributed by atoms with E-state index in [-0.39, 0.29) is 6.04 Å². The van der Waals surface area contributed by atoms with Crippen molar-refractivity contribution >= 4 is 27.5 Å². The largest absolute Gasteiger partial charge is 0.320 e. The molecule has 0 fully saturated rings. The van der Waals surface area contributed by atoms with Gasteiger partial charge in [-0.05, 0) is 17.7 Å². The molecule has 0 saturated carbocycles. The predicted molar refractivity (Wildman–Crippen MR) is 68.4 cm³/mol. The number of nitrogens with two attached hydrogens (primary N) is 1. The van der Waals surface area contributed by atoms with E-state index in [9.17, 15) is 0 Å². The Kier molecular flexibility index (Phi) is 3.33. The number of hydrogen-bond donors (Lipinski definition) is 1. The molecule has 0 amide bonds. The Morgan fingerprint density at radius 1 is 1.50 bits per heavy atom. The monoisotopic (exact) mass is 299 g/mol. The van der Waals surface area contributed by atoms with Crippen LogP contribution in [-0.2, 0) is 7.05 Å². The number of rotatable bonds is 2. The van der Waals surface area contributed by atoms with Gasteiger partial charge in [0.15, 0.2) is 0 Å². The van der Waals surface area contributed by atoms with Crippen LogP contribution in [0.3, 0.4) is 0 Å². The normalized spacial score (nSPS) is 12.8. The van der Waals surface area contributed by atoms with Gasteiger partial charge in [-0.25, -0.2) is 0 Å². The SMILES string of the molecule is Cn1cc(C(N)c2ccc(Br)cc2Cl)cn1. The average Bonchev–Trinajstić information content (AvgIpc) is 2.64. The zero-order valence-electron chi connectivity index (χ0n) is 8.69. The van der Waals surface area contributed by atoms with Crippen LogP contribution in [0.25, 0.3) is 0 Å². The molecule has 1 aromatic heterocycles. The van der Waals surface area contributed by atoms with Crippen LogP contribution in [0.5, 0.6) is 0 Å². The van der Waals surface area contributed by atoms with Gasteiger partial charge in [-0.1, -0.05) is 33.6 Å². The molecule has 0 aliphatic rings. The maximum absolute atomic E-state index is 6.14. The van der Waals surface area contributed by atoms with Crippen molar-refractivity contribution < 1.29 is 0 Å². The number of aryl methyl sites for hydroxylation is 1. The minimum atomic E-state index is -0.241. The van der Waals surface area contributed by atoms with Crippen molar-refractivity contribution in [2.75, 3.05) is 0 Å². The third kappa shape index (κ3) is 2.29. The lowest BCUT2D eigenvalue weighted by molar-refractivity contribution is 0.765. The molecule has 0 spiro atoms. The first-order chi connectivity index (χ1) is 7.58. The van der Waals surface area contributed by atoms with Gasteiger partial charge in [0.25, 0.3) is 0 Å². The number of benzene rings is 1. The molecule has 3 nitrogen and oxygen atoms in total. The summed E-state index contributed by atoms with van der Waals surface area (Å²) in [6.07, 6.45) is 3.64. The van der Waals surface area contributed by atoms with Gasteiger partial charge in [-0.2, -0.15) is 5.10 Å². The standard InChI is InChI=1S/C11H11BrClN3/c1-16-6-7(5-15-16)11(14)9-3-2-8(12)4-10(9)13/h2-6,11H,14H2,1H3. The molecule has 0 radical (unpaired) electrons. The maximum atomic E-state index is 6.14. The van der Waals surface area contributed by atoms with Crippen molar-refractivity contribution in [1.29, 1.82) is 0 Å². The van der Waals surface area contributed by atoms with Crippen molar-refractivity contribution in [1.82, 2.24) is 9.78 Å². The molecule has 2 aromatic rings. The fraction of sp³-hybridized carbons (Fsp3) is 0.182. The summed E-state index contributed by atoms with van der Waals surface area (Å²) in [5.74, 6) is 0. The molecule has 16 heavy (non-hydrogen) atoms. The fourth-order valence-electron chi connectivity index (χ4n) is 1.53. The summed E-state index contributed by atoms with van der Waals surface area (Å²) in [6, 6.07) is 5.45. The van der Waals surface area contributed by atoms with E-state index in [1.165, 1.54) is 0 Å². The van der Waals surface area contributed by atoms with Crippen LogP contribution in [-0.4, -0.2) is 9.78 Å². The van der Waals surface area contributed by atoms with Crippen molar-refractivity contribution in [2.45, 2.75) is 6.04 Å². The molecule has 1 unspecified atom stereocenters. The van der Waals surface area contributed by atoms with Crippen molar-refractivity contribution in [2.24, 2.45) is 12.8 Å². The smallest absolute Gasteiger partial charge is 0.0597 e. The predicted octanol–water partition coefficient (Wildman–Crippen LogP) is 2.88. The summed E-state index contributed by atoms with van der Waals surface area (Å²) in [5, 5.41) is 4.75. The number of nitrogens with zero attached hydrogens (tertiary/aromatic N) is 2. The van der Waals surface area contributed by atoms with Gasteiger partial charge in [0.05, 0.1) is 12.2 Å². The molecule has 1 aromatic carbocycles. The Labute approximate surface area is 107 Å². The molecule has 0 saturated heterocycles. The maximum Gasteiger partial charge on any atom is 0.0597 e.